The molecule has 0 saturated heterocycles. The van der Waals surface area contributed by atoms with Crippen molar-refractivity contribution in [3.8, 4) is 0 Å². The third kappa shape index (κ3) is 2.79. The van der Waals surface area contributed by atoms with Crippen LogP contribution < -0.4 is 5.32 Å². The Morgan fingerprint density at radius 2 is 2.10 bits per heavy atom. The van der Waals surface area contributed by atoms with Crippen LogP contribution in [0.2, 0.25) is 0 Å². The number of aliphatic hydroxyl groups excluding tert-OH is 1. The first-order valence-corrected chi connectivity index (χ1v) is 8.21. The van der Waals surface area contributed by atoms with Crippen LogP contribution in [0.3, 0.4) is 0 Å². The van der Waals surface area contributed by atoms with Crippen LogP contribution >= 0.6 is 0 Å². The summed E-state index contributed by atoms with van der Waals surface area (Å²) in [5.74, 6) is 0. The van der Waals surface area contributed by atoms with Crippen LogP contribution in [0.1, 0.15) is 25.7 Å². The maximum Gasteiger partial charge on any atom is 0.262 e. The normalized spacial score (nSPS) is 23.8. The summed E-state index contributed by atoms with van der Waals surface area (Å²) in [7, 11) is -0.540. The minimum atomic E-state index is -3.71. The number of hydrogen-bond acceptors (Lipinski definition) is 5. The summed E-state index contributed by atoms with van der Waals surface area (Å²) in [5.41, 5.74) is 0.463. The van der Waals surface area contributed by atoms with Gasteiger partial charge in [-0.15, -0.1) is 0 Å². The molecule has 2 unspecified atom stereocenters. The topological polar surface area (TPSA) is 82.5 Å². The van der Waals surface area contributed by atoms with Crippen LogP contribution in [0.5, 0.6) is 0 Å². The number of pyridine rings is 1. The lowest BCUT2D eigenvalue weighted by Gasteiger charge is -2.34. The highest BCUT2D eigenvalue weighted by Crippen LogP contribution is 2.28. The second kappa shape index (κ2) is 6.07. The van der Waals surface area contributed by atoms with E-state index in [9.17, 15) is 13.5 Å². The van der Waals surface area contributed by atoms with Crippen molar-refractivity contribution in [2.75, 3.05) is 19.4 Å². The van der Waals surface area contributed by atoms with Crippen LogP contribution in [-0.2, 0) is 10.0 Å². The van der Waals surface area contributed by atoms with E-state index in [-0.39, 0.29) is 11.1 Å². The first-order chi connectivity index (χ1) is 9.48. The van der Waals surface area contributed by atoms with Gasteiger partial charge in [-0.2, -0.15) is 4.31 Å². The molecule has 6 nitrogen and oxygen atoms in total. The van der Waals surface area contributed by atoms with Gasteiger partial charge in [0.1, 0.15) is 0 Å². The number of rotatable bonds is 4. The number of nitrogens with one attached hydrogen (secondary N) is 1. The molecular formula is C13H21N3O3S. The van der Waals surface area contributed by atoms with Crippen LogP contribution in [0.15, 0.2) is 23.4 Å². The van der Waals surface area contributed by atoms with Gasteiger partial charge in [-0.05, 0) is 25.0 Å². The summed E-state index contributed by atoms with van der Waals surface area (Å²) < 4.78 is 26.6. The van der Waals surface area contributed by atoms with Crippen molar-refractivity contribution in [2.24, 2.45) is 0 Å². The molecule has 2 atom stereocenters. The van der Waals surface area contributed by atoms with Crippen molar-refractivity contribution >= 4 is 15.7 Å². The molecule has 1 aromatic rings. The molecule has 0 radical (unpaired) electrons. The molecule has 1 aliphatic carbocycles. The van der Waals surface area contributed by atoms with Crippen molar-refractivity contribution in [3.05, 3.63) is 18.3 Å². The van der Waals surface area contributed by atoms with E-state index in [1.165, 1.54) is 17.5 Å². The Labute approximate surface area is 119 Å². The van der Waals surface area contributed by atoms with E-state index in [1.807, 2.05) is 0 Å². The highest BCUT2D eigenvalue weighted by Gasteiger charge is 2.35. The van der Waals surface area contributed by atoms with E-state index < -0.39 is 16.1 Å². The highest BCUT2D eigenvalue weighted by molar-refractivity contribution is 7.89. The monoisotopic (exact) mass is 299 g/mol. The Bertz CT molecular complexity index is 562. The largest absolute Gasteiger partial charge is 0.391 e. The summed E-state index contributed by atoms with van der Waals surface area (Å²) in [4.78, 5) is 3.99. The lowest BCUT2D eigenvalue weighted by Crippen LogP contribution is -2.46. The highest BCUT2D eigenvalue weighted by atomic mass is 32.2. The van der Waals surface area contributed by atoms with E-state index in [2.05, 4.69) is 10.3 Å². The summed E-state index contributed by atoms with van der Waals surface area (Å²) >= 11 is 0. The van der Waals surface area contributed by atoms with Gasteiger partial charge in [0.15, 0.2) is 5.03 Å². The Kier molecular flexibility index (Phi) is 4.62. The van der Waals surface area contributed by atoms with Gasteiger partial charge in [0.05, 0.1) is 17.8 Å². The zero-order valence-corrected chi connectivity index (χ0v) is 12.6. The molecule has 1 heterocycles. The first kappa shape index (κ1) is 15.2. The van der Waals surface area contributed by atoms with Gasteiger partial charge in [-0.25, -0.2) is 13.4 Å². The van der Waals surface area contributed by atoms with Gasteiger partial charge < -0.3 is 10.4 Å². The molecule has 7 heteroatoms. The summed E-state index contributed by atoms with van der Waals surface area (Å²) in [6.07, 6.45) is 4.05. The molecule has 2 rings (SSSR count). The number of anilines is 1. The molecule has 1 aromatic heterocycles. The van der Waals surface area contributed by atoms with Gasteiger partial charge in [-0.3, -0.25) is 0 Å². The molecular weight excluding hydrogens is 278 g/mol. The molecule has 0 bridgehead atoms. The molecule has 0 spiro atoms. The SMILES string of the molecule is CNc1cccnc1S(=O)(=O)N(C)C1CCCCC1O. The van der Waals surface area contributed by atoms with Crippen LogP contribution in [0.4, 0.5) is 5.69 Å². The van der Waals surface area contributed by atoms with Crippen molar-refractivity contribution < 1.29 is 13.5 Å². The van der Waals surface area contributed by atoms with Crippen molar-refractivity contribution in [1.29, 1.82) is 0 Å². The van der Waals surface area contributed by atoms with Crippen LogP contribution in [-0.4, -0.2) is 49.1 Å². The van der Waals surface area contributed by atoms with Gasteiger partial charge in [0.25, 0.3) is 10.0 Å². The number of likely N-dealkylation sites (N-methyl/N-ethyl adjacent to an activating group) is 1. The summed E-state index contributed by atoms with van der Waals surface area (Å²) in [6.45, 7) is 0. The Morgan fingerprint density at radius 1 is 1.40 bits per heavy atom. The Balaban J connectivity index is 2.34. The maximum absolute atomic E-state index is 12.7. The number of nitrogens with zero attached hydrogens (tertiary/aromatic N) is 2. The van der Waals surface area contributed by atoms with E-state index in [0.717, 1.165) is 12.8 Å². The molecule has 112 valence electrons. The second-order valence-electron chi connectivity index (χ2n) is 5.05. The van der Waals surface area contributed by atoms with Crippen molar-refractivity contribution in [3.63, 3.8) is 0 Å². The predicted octanol–water partition coefficient (Wildman–Crippen LogP) is 1.05. The fraction of sp³-hybridized carbons (Fsp3) is 0.615. The Morgan fingerprint density at radius 3 is 2.75 bits per heavy atom. The number of sulfonamides is 1. The van der Waals surface area contributed by atoms with E-state index in [0.29, 0.717) is 18.5 Å². The van der Waals surface area contributed by atoms with Gasteiger partial charge in [0.2, 0.25) is 0 Å². The van der Waals surface area contributed by atoms with E-state index in [1.54, 1.807) is 19.2 Å². The summed E-state index contributed by atoms with van der Waals surface area (Å²) in [6, 6.07) is 2.98. The third-order valence-corrected chi connectivity index (χ3v) is 5.67. The maximum atomic E-state index is 12.7. The molecule has 2 N–H and O–H groups in total. The standard InChI is InChI=1S/C13H21N3O3S/c1-14-10-6-5-9-15-13(10)20(18,19)16(2)11-7-3-4-8-12(11)17/h5-6,9,11-12,14,17H,3-4,7-8H2,1-2H3. The molecule has 0 aliphatic heterocycles. The average Bonchev–Trinajstić information content (AvgIpc) is 2.47. The van der Waals surface area contributed by atoms with Gasteiger partial charge in [0, 0.05) is 20.3 Å². The third-order valence-electron chi connectivity index (χ3n) is 3.82. The lowest BCUT2D eigenvalue weighted by atomic mass is 9.93. The quantitative estimate of drug-likeness (QED) is 0.868. The fourth-order valence-electron chi connectivity index (χ4n) is 2.62. The van der Waals surface area contributed by atoms with Crippen molar-refractivity contribution in [1.82, 2.24) is 9.29 Å². The molecule has 1 fully saturated rings. The molecule has 0 aromatic carbocycles. The molecule has 20 heavy (non-hydrogen) atoms. The van der Waals surface area contributed by atoms with Crippen LogP contribution in [0.25, 0.3) is 0 Å². The number of aliphatic hydroxyl groups is 1. The first-order valence-electron chi connectivity index (χ1n) is 6.77. The fourth-order valence-corrected chi connectivity index (χ4v) is 4.13. The Hall–Kier alpha value is -1.18. The minimum absolute atomic E-state index is 0.00257. The lowest BCUT2D eigenvalue weighted by molar-refractivity contribution is 0.0637. The molecule has 0 amide bonds. The van der Waals surface area contributed by atoms with E-state index >= 15 is 0 Å². The van der Waals surface area contributed by atoms with Gasteiger partial charge in [-0.1, -0.05) is 12.8 Å². The zero-order chi connectivity index (χ0) is 14.8. The van der Waals surface area contributed by atoms with Crippen LogP contribution in [0, 0.1) is 0 Å². The second-order valence-corrected chi connectivity index (χ2v) is 6.96. The smallest absolute Gasteiger partial charge is 0.262 e. The predicted molar refractivity (Wildman–Crippen MR) is 77.0 cm³/mol. The number of aromatic nitrogens is 1. The minimum Gasteiger partial charge on any atom is -0.391 e. The van der Waals surface area contributed by atoms with E-state index in [4.69, 9.17) is 0 Å². The molecule has 1 aliphatic rings. The molecule has 1 saturated carbocycles. The average molecular weight is 299 g/mol. The zero-order valence-electron chi connectivity index (χ0n) is 11.8. The van der Waals surface area contributed by atoms with Gasteiger partial charge >= 0.3 is 0 Å². The van der Waals surface area contributed by atoms with Crippen molar-refractivity contribution in [2.45, 2.75) is 42.9 Å². The summed E-state index contributed by atoms with van der Waals surface area (Å²) in [5, 5.41) is 12.9. The number of hydrogen-bond donors (Lipinski definition) is 2.